The van der Waals surface area contributed by atoms with Crippen LogP contribution < -0.4 is 10.2 Å². The molecule has 3 saturated heterocycles. The average molecular weight is 452 g/mol. The first-order chi connectivity index (χ1) is 15.4. The summed E-state index contributed by atoms with van der Waals surface area (Å²) in [5.74, 6) is 0.648. The number of rotatable bonds is 4. The molecule has 4 heterocycles. The molecule has 11 nitrogen and oxygen atoms in total. The fourth-order valence-corrected chi connectivity index (χ4v) is 4.67. The summed E-state index contributed by atoms with van der Waals surface area (Å²) in [5, 5.41) is 21.3. The average Bonchev–Trinajstić information content (AvgIpc) is 2.80. The second-order valence-corrected chi connectivity index (χ2v) is 8.56. The van der Waals surface area contributed by atoms with Crippen LogP contribution in [-0.4, -0.2) is 107 Å². The van der Waals surface area contributed by atoms with Gasteiger partial charge in [0.1, 0.15) is 6.10 Å². The van der Waals surface area contributed by atoms with Gasteiger partial charge in [-0.05, 0) is 32.3 Å². The number of carbonyl (C=O) groups is 2. The third-order valence-corrected chi connectivity index (χ3v) is 6.45. The predicted octanol–water partition coefficient (Wildman–Crippen LogP) is -0.495. The van der Waals surface area contributed by atoms with Gasteiger partial charge in [-0.3, -0.25) is 14.5 Å². The van der Waals surface area contributed by atoms with Crippen molar-refractivity contribution in [2.45, 2.75) is 43.4 Å². The highest BCUT2D eigenvalue weighted by Crippen LogP contribution is 2.40. The number of hydrogen-bond acceptors (Lipinski definition) is 9. The Balaban J connectivity index is 0.000000913. The van der Waals surface area contributed by atoms with Crippen molar-refractivity contribution in [1.29, 1.82) is 0 Å². The first-order valence-electron chi connectivity index (χ1n) is 11.0. The molecule has 0 bridgehead atoms. The molecule has 0 aromatic carbocycles. The number of piperidine rings is 1. The molecule has 3 aliphatic heterocycles. The number of hydrogen-bond donors (Lipinski definition) is 3. The van der Waals surface area contributed by atoms with E-state index in [0.717, 1.165) is 13.1 Å². The van der Waals surface area contributed by atoms with Crippen LogP contribution >= 0.6 is 0 Å². The van der Waals surface area contributed by atoms with E-state index in [4.69, 9.17) is 19.4 Å². The zero-order valence-electron chi connectivity index (χ0n) is 18.5. The molecule has 1 aromatic heterocycles. The highest BCUT2D eigenvalue weighted by atomic mass is 16.5. The minimum absolute atomic E-state index is 0.0550. The quantitative estimate of drug-likeness (QED) is 0.514. The van der Waals surface area contributed by atoms with Crippen molar-refractivity contribution in [3.63, 3.8) is 0 Å². The summed E-state index contributed by atoms with van der Waals surface area (Å²) in [4.78, 5) is 33.9. The number of carboxylic acid groups (broad SMARTS) is 1. The topological polar surface area (TPSA) is 137 Å². The fourth-order valence-electron chi connectivity index (χ4n) is 4.67. The van der Waals surface area contributed by atoms with Gasteiger partial charge in [-0.1, -0.05) is 0 Å². The number of aliphatic hydroxyl groups excluding tert-OH is 1. The molecule has 0 saturated carbocycles. The first kappa shape index (κ1) is 24.3. The monoisotopic (exact) mass is 451 g/mol. The summed E-state index contributed by atoms with van der Waals surface area (Å²) >= 11 is 0. The van der Waals surface area contributed by atoms with E-state index in [-0.39, 0.29) is 12.4 Å². The van der Waals surface area contributed by atoms with Crippen LogP contribution in [0.25, 0.3) is 0 Å². The number of aromatic nitrogens is 2. The number of aliphatic hydroxyl groups is 1. The molecule has 1 spiro atoms. The van der Waals surface area contributed by atoms with Crippen molar-refractivity contribution >= 4 is 18.3 Å². The van der Waals surface area contributed by atoms with E-state index >= 15 is 0 Å². The van der Waals surface area contributed by atoms with Gasteiger partial charge in [0, 0.05) is 45.2 Å². The van der Waals surface area contributed by atoms with Gasteiger partial charge in [0.25, 0.3) is 6.47 Å². The van der Waals surface area contributed by atoms with Crippen LogP contribution in [0.1, 0.15) is 26.2 Å². The SMILES string of the molecule is C[C@]1(NC(=O)CN2CCOCC2)CCOC2(CCN(c3ncccn3)CC2)[C@@H]1O.O=CO. The molecule has 0 radical (unpaired) electrons. The Kier molecular flexibility index (Phi) is 8.35. The number of carbonyl (C=O) groups excluding carboxylic acids is 1. The molecule has 1 aromatic rings. The van der Waals surface area contributed by atoms with Gasteiger partial charge in [0.05, 0.1) is 30.9 Å². The van der Waals surface area contributed by atoms with Crippen molar-refractivity contribution in [2.75, 3.05) is 57.4 Å². The predicted molar refractivity (Wildman–Crippen MR) is 115 cm³/mol. The summed E-state index contributed by atoms with van der Waals surface area (Å²) in [6, 6.07) is 1.80. The first-order valence-corrected chi connectivity index (χ1v) is 11.0. The summed E-state index contributed by atoms with van der Waals surface area (Å²) in [6.45, 7) is 6.79. The molecule has 1 amide bonds. The van der Waals surface area contributed by atoms with E-state index in [1.807, 2.05) is 6.92 Å². The molecule has 11 heteroatoms. The largest absolute Gasteiger partial charge is 0.483 e. The van der Waals surface area contributed by atoms with Crippen LogP contribution in [0, 0.1) is 0 Å². The van der Waals surface area contributed by atoms with Gasteiger partial charge in [-0.25, -0.2) is 9.97 Å². The molecular weight excluding hydrogens is 418 g/mol. The number of ether oxygens (including phenoxy) is 2. The normalized spacial score (nSPS) is 27.8. The number of amides is 1. The molecule has 3 N–H and O–H groups in total. The molecule has 3 aliphatic rings. The Morgan fingerprint density at radius 1 is 1.19 bits per heavy atom. The summed E-state index contributed by atoms with van der Waals surface area (Å²) in [5.41, 5.74) is -1.35. The molecule has 0 aliphatic carbocycles. The smallest absolute Gasteiger partial charge is 0.290 e. The molecule has 4 rings (SSSR count). The van der Waals surface area contributed by atoms with Gasteiger partial charge in [0.15, 0.2) is 0 Å². The second kappa shape index (κ2) is 11.0. The van der Waals surface area contributed by atoms with Crippen molar-refractivity contribution in [3.05, 3.63) is 18.5 Å². The lowest BCUT2D eigenvalue weighted by molar-refractivity contribution is -0.198. The van der Waals surface area contributed by atoms with E-state index in [9.17, 15) is 9.90 Å². The van der Waals surface area contributed by atoms with Crippen molar-refractivity contribution in [3.8, 4) is 0 Å². The summed E-state index contributed by atoms with van der Waals surface area (Å²) < 4.78 is 11.5. The van der Waals surface area contributed by atoms with Gasteiger partial charge < -0.3 is 29.9 Å². The Morgan fingerprint density at radius 3 is 2.44 bits per heavy atom. The lowest BCUT2D eigenvalue weighted by Crippen LogP contribution is -2.69. The van der Waals surface area contributed by atoms with Crippen molar-refractivity contribution in [1.82, 2.24) is 20.2 Å². The summed E-state index contributed by atoms with van der Waals surface area (Å²) in [7, 11) is 0. The molecular formula is C21H33N5O6. The Morgan fingerprint density at radius 2 is 1.81 bits per heavy atom. The second-order valence-electron chi connectivity index (χ2n) is 8.56. The zero-order chi connectivity index (χ0) is 23.0. The van der Waals surface area contributed by atoms with Gasteiger partial charge in [-0.15, -0.1) is 0 Å². The minimum Gasteiger partial charge on any atom is -0.483 e. The van der Waals surface area contributed by atoms with E-state index in [1.54, 1.807) is 18.5 Å². The van der Waals surface area contributed by atoms with Crippen LogP contribution in [0.4, 0.5) is 5.95 Å². The Labute approximate surface area is 187 Å². The maximum atomic E-state index is 12.7. The van der Waals surface area contributed by atoms with Gasteiger partial charge >= 0.3 is 0 Å². The van der Waals surface area contributed by atoms with E-state index in [1.165, 1.54) is 0 Å². The van der Waals surface area contributed by atoms with Gasteiger partial charge in [0.2, 0.25) is 11.9 Å². The molecule has 32 heavy (non-hydrogen) atoms. The Hall–Kier alpha value is -2.34. The molecule has 2 atom stereocenters. The highest BCUT2D eigenvalue weighted by Gasteiger charge is 2.54. The minimum atomic E-state index is -0.767. The van der Waals surface area contributed by atoms with Crippen LogP contribution in [0.5, 0.6) is 0 Å². The number of nitrogens with one attached hydrogen (secondary N) is 1. The Bertz CT molecular complexity index is 739. The van der Waals surface area contributed by atoms with Crippen LogP contribution in [0.2, 0.25) is 0 Å². The highest BCUT2D eigenvalue weighted by molar-refractivity contribution is 5.79. The van der Waals surface area contributed by atoms with Crippen LogP contribution in [-0.2, 0) is 19.1 Å². The maximum Gasteiger partial charge on any atom is 0.290 e. The molecule has 178 valence electrons. The third-order valence-electron chi connectivity index (χ3n) is 6.45. The fraction of sp³-hybridized carbons (Fsp3) is 0.714. The van der Waals surface area contributed by atoms with E-state index < -0.39 is 17.2 Å². The van der Waals surface area contributed by atoms with Crippen LogP contribution in [0.3, 0.4) is 0 Å². The van der Waals surface area contributed by atoms with E-state index in [0.29, 0.717) is 64.7 Å². The zero-order valence-corrected chi connectivity index (χ0v) is 18.5. The third kappa shape index (κ3) is 5.71. The lowest BCUT2D eigenvalue weighted by Gasteiger charge is -2.53. The summed E-state index contributed by atoms with van der Waals surface area (Å²) in [6.07, 6.45) is 4.63. The van der Waals surface area contributed by atoms with Crippen molar-refractivity contribution in [2.24, 2.45) is 0 Å². The number of anilines is 1. The lowest BCUT2D eigenvalue weighted by atomic mass is 9.73. The molecule has 3 fully saturated rings. The molecule has 0 unspecified atom stereocenters. The number of nitrogens with zero attached hydrogens (tertiary/aromatic N) is 4. The van der Waals surface area contributed by atoms with Crippen molar-refractivity contribution < 1.29 is 29.3 Å². The van der Waals surface area contributed by atoms with E-state index in [2.05, 4.69) is 25.1 Å². The standard InChI is InChI=1S/C20H31N5O4.CH2O2/c1-19(23-16(26)15-24-10-13-28-14-11-24)5-12-29-20(17(19)27)3-8-25(9-4-20)18-21-6-2-7-22-18;2-1-3/h2,6-7,17,27H,3-5,8-15H2,1H3,(H,23,26);1H,(H,2,3)/t17-,19+;/m1./s1. The maximum absolute atomic E-state index is 12.7. The van der Waals surface area contributed by atoms with Gasteiger partial charge in [-0.2, -0.15) is 0 Å². The van der Waals surface area contributed by atoms with Crippen LogP contribution in [0.15, 0.2) is 18.5 Å². The number of morpholine rings is 1.